The molecule has 1 fully saturated rings. The van der Waals surface area contributed by atoms with Crippen LogP contribution in [0.4, 0.5) is 0 Å². The lowest BCUT2D eigenvalue weighted by atomic mass is 10.1. The van der Waals surface area contributed by atoms with Crippen LogP contribution in [-0.4, -0.2) is 18.1 Å². The molecule has 18 heavy (non-hydrogen) atoms. The molecule has 0 amide bonds. The van der Waals surface area contributed by atoms with E-state index in [1.807, 2.05) is 19.1 Å². The van der Waals surface area contributed by atoms with E-state index in [1.165, 1.54) is 23.8 Å². The Morgan fingerprint density at radius 2 is 2.22 bits per heavy atom. The topological polar surface area (TPSA) is 34.1 Å². The molecule has 0 bridgehead atoms. The summed E-state index contributed by atoms with van der Waals surface area (Å²) in [4.78, 5) is 4.60. The quantitative estimate of drug-likeness (QED) is 0.895. The van der Waals surface area contributed by atoms with Gasteiger partial charge in [-0.15, -0.1) is 0 Å². The number of aromatic nitrogens is 1. The molecule has 1 N–H and O–H groups in total. The minimum absolute atomic E-state index is 0.721. The van der Waals surface area contributed by atoms with Crippen LogP contribution in [0.15, 0.2) is 24.3 Å². The second-order valence-electron chi connectivity index (χ2n) is 4.93. The van der Waals surface area contributed by atoms with Crippen molar-refractivity contribution in [3.05, 3.63) is 35.5 Å². The van der Waals surface area contributed by atoms with Gasteiger partial charge in [-0.1, -0.05) is 12.1 Å². The Labute approximate surface area is 107 Å². The van der Waals surface area contributed by atoms with Crippen molar-refractivity contribution in [2.75, 3.05) is 7.11 Å². The highest BCUT2D eigenvalue weighted by atomic mass is 16.5. The number of nitrogens with one attached hydrogen (secondary N) is 1. The van der Waals surface area contributed by atoms with E-state index in [2.05, 4.69) is 22.4 Å². The molecular formula is C15H18N2O. The molecular weight excluding hydrogens is 224 g/mol. The summed E-state index contributed by atoms with van der Waals surface area (Å²) < 4.78 is 5.39. The van der Waals surface area contributed by atoms with Gasteiger partial charge in [-0.25, -0.2) is 4.98 Å². The molecule has 1 aromatic heterocycles. The Morgan fingerprint density at radius 1 is 1.39 bits per heavy atom. The summed E-state index contributed by atoms with van der Waals surface area (Å²) in [6.45, 7) is 2.95. The van der Waals surface area contributed by atoms with E-state index in [0.717, 1.165) is 29.5 Å². The first-order chi connectivity index (χ1) is 8.78. The lowest BCUT2D eigenvalue weighted by Gasteiger charge is -2.11. The molecule has 3 heteroatoms. The van der Waals surface area contributed by atoms with Crippen LogP contribution in [0, 0.1) is 6.92 Å². The number of fused-ring (bicyclic) bond motifs is 1. The van der Waals surface area contributed by atoms with Gasteiger partial charge in [-0.3, -0.25) is 0 Å². The summed E-state index contributed by atoms with van der Waals surface area (Å²) in [5, 5.41) is 4.75. The van der Waals surface area contributed by atoms with Crippen molar-refractivity contribution in [1.82, 2.24) is 10.3 Å². The number of ether oxygens (including phenoxy) is 1. The Hall–Kier alpha value is -1.61. The first-order valence-corrected chi connectivity index (χ1v) is 6.44. The summed E-state index contributed by atoms with van der Waals surface area (Å²) in [6, 6.07) is 9.00. The van der Waals surface area contributed by atoms with E-state index < -0.39 is 0 Å². The third-order valence-corrected chi connectivity index (χ3v) is 3.39. The van der Waals surface area contributed by atoms with Crippen LogP contribution in [0.5, 0.6) is 5.75 Å². The standard InChI is InChI=1S/C15H18N2O/c1-10-8-11(9-16-12-6-7-12)13-4-3-5-14(18-2)15(13)17-10/h3-5,8,12,16H,6-7,9H2,1-2H3. The van der Waals surface area contributed by atoms with Crippen LogP contribution in [0.2, 0.25) is 0 Å². The van der Waals surface area contributed by atoms with Crippen LogP contribution < -0.4 is 10.1 Å². The van der Waals surface area contributed by atoms with Gasteiger partial charge >= 0.3 is 0 Å². The van der Waals surface area contributed by atoms with Gasteiger partial charge in [0.25, 0.3) is 0 Å². The number of para-hydroxylation sites is 1. The van der Waals surface area contributed by atoms with Gasteiger partial charge in [0, 0.05) is 23.7 Å². The number of hydrogen-bond donors (Lipinski definition) is 1. The number of nitrogens with zero attached hydrogens (tertiary/aromatic N) is 1. The lowest BCUT2D eigenvalue weighted by molar-refractivity contribution is 0.419. The Balaban J connectivity index is 2.05. The minimum Gasteiger partial charge on any atom is -0.494 e. The van der Waals surface area contributed by atoms with E-state index in [4.69, 9.17) is 4.74 Å². The fourth-order valence-corrected chi connectivity index (χ4v) is 2.29. The molecule has 1 heterocycles. The van der Waals surface area contributed by atoms with Crippen molar-refractivity contribution in [1.29, 1.82) is 0 Å². The summed E-state index contributed by atoms with van der Waals surface area (Å²) in [5.74, 6) is 0.851. The van der Waals surface area contributed by atoms with Crippen LogP contribution in [0.3, 0.4) is 0 Å². The zero-order valence-electron chi connectivity index (χ0n) is 10.9. The average molecular weight is 242 g/mol. The fraction of sp³-hybridized carbons (Fsp3) is 0.400. The van der Waals surface area contributed by atoms with E-state index >= 15 is 0 Å². The summed E-state index contributed by atoms with van der Waals surface area (Å²) in [5.41, 5.74) is 3.32. The maximum Gasteiger partial charge on any atom is 0.145 e. The molecule has 1 aliphatic rings. The Morgan fingerprint density at radius 3 is 2.94 bits per heavy atom. The largest absolute Gasteiger partial charge is 0.494 e. The smallest absolute Gasteiger partial charge is 0.145 e. The van der Waals surface area contributed by atoms with Gasteiger partial charge in [0.2, 0.25) is 0 Å². The summed E-state index contributed by atoms with van der Waals surface area (Å²) in [7, 11) is 1.70. The molecule has 0 unspecified atom stereocenters. The molecule has 0 spiro atoms. The highest BCUT2D eigenvalue weighted by Gasteiger charge is 2.20. The number of rotatable bonds is 4. The SMILES string of the molecule is COc1cccc2c(CNC3CC3)cc(C)nc12. The minimum atomic E-state index is 0.721. The van der Waals surface area contributed by atoms with Crippen LogP contribution in [0.1, 0.15) is 24.1 Å². The van der Waals surface area contributed by atoms with Crippen molar-refractivity contribution in [2.45, 2.75) is 32.4 Å². The zero-order chi connectivity index (χ0) is 12.5. The van der Waals surface area contributed by atoms with Crippen LogP contribution >= 0.6 is 0 Å². The predicted octanol–water partition coefficient (Wildman–Crippen LogP) is 2.80. The monoisotopic (exact) mass is 242 g/mol. The van der Waals surface area contributed by atoms with E-state index in [9.17, 15) is 0 Å². The van der Waals surface area contributed by atoms with Crippen molar-refractivity contribution in [3.63, 3.8) is 0 Å². The Bertz CT molecular complexity index is 576. The average Bonchev–Trinajstić information content (AvgIpc) is 3.19. The molecule has 0 saturated heterocycles. The number of benzene rings is 1. The van der Waals surface area contributed by atoms with Gasteiger partial charge < -0.3 is 10.1 Å². The van der Waals surface area contributed by atoms with E-state index in [1.54, 1.807) is 7.11 Å². The first kappa shape index (κ1) is 11.5. The summed E-state index contributed by atoms with van der Waals surface area (Å²) in [6.07, 6.45) is 2.62. The lowest BCUT2D eigenvalue weighted by Crippen LogP contribution is -2.15. The molecule has 2 aromatic rings. The van der Waals surface area contributed by atoms with Crippen molar-refractivity contribution in [3.8, 4) is 5.75 Å². The second-order valence-corrected chi connectivity index (χ2v) is 4.93. The maximum absolute atomic E-state index is 5.39. The Kier molecular flexibility index (Phi) is 2.92. The molecule has 0 aliphatic heterocycles. The number of pyridine rings is 1. The molecule has 94 valence electrons. The normalized spacial score (nSPS) is 15.0. The zero-order valence-corrected chi connectivity index (χ0v) is 10.9. The van der Waals surface area contributed by atoms with Gasteiger partial charge in [0.1, 0.15) is 11.3 Å². The van der Waals surface area contributed by atoms with Crippen molar-refractivity contribution < 1.29 is 4.74 Å². The van der Waals surface area contributed by atoms with E-state index in [-0.39, 0.29) is 0 Å². The molecule has 3 rings (SSSR count). The molecule has 3 nitrogen and oxygen atoms in total. The molecule has 0 radical (unpaired) electrons. The first-order valence-electron chi connectivity index (χ1n) is 6.44. The molecule has 0 atom stereocenters. The van der Waals surface area contributed by atoms with Crippen LogP contribution in [-0.2, 0) is 6.54 Å². The maximum atomic E-state index is 5.39. The third kappa shape index (κ3) is 2.18. The summed E-state index contributed by atoms with van der Waals surface area (Å²) >= 11 is 0. The number of hydrogen-bond acceptors (Lipinski definition) is 3. The van der Waals surface area contributed by atoms with E-state index in [0.29, 0.717) is 0 Å². The third-order valence-electron chi connectivity index (χ3n) is 3.39. The highest BCUT2D eigenvalue weighted by molar-refractivity contribution is 5.87. The molecule has 1 aromatic carbocycles. The van der Waals surface area contributed by atoms with Gasteiger partial charge in [-0.05, 0) is 37.5 Å². The highest BCUT2D eigenvalue weighted by Crippen LogP contribution is 2.27. The number of aryl methyl sites for hydroxylation is 1. The fourth-order valence-electron chi connectivity index (χ4n) is 2.29. The van der Waals surface area contributed by atoms with Gasteiger partial charge in [0.05, 0.1) is 7.11 Å². The second kappa shape index (κ2) is 4.58. The van der Waals surface area contributed by atoms with Gasteiger partial charge in [0.15, 0.2) is 0 Å². The van der Waals surface area contributed by atoms with Crippen molar-refractivity contribution >= 4 is 10.9 Å². The van der Waals surface area contributed by atoms with Crippen molar-refractivity contribution in [2.24, 2.45) is 0 Å². The van der Waals surface area contributed by atoms with Crippen LogP contribution in [0.25, 0.3) is 10.9 Å². The number of methoxy groups -OCH3 is 1. The predicted molar refractivity (Wildman–Crippen MR) is 72.9 cm³/mol. The van der Waals surface area contributed by atoms with Gasteiger partial charge in [-0.2, -0.15) is 0 Å². The molecule has 1 aliphatic carbocycles. The molecule has 1 saturated carbocycles.